The molecule has 0 bridgehead atoms. The summed E-state index contributed by atoms with van der Waals surface area (Å²) in [6.07, 6.45) is 92.2. The van der Waals surface area contributed by atoms with E-state index in [-0.39, 0.29) is 32.0 Å². The molecule has 0 N–H and O–H groups in total. The molecule has 0 heterocycles. The van der Waals surface area contributed by atoms with Crippen molar-refractivity contribution in [3.8, 4) is 0 Å². The molecule has 0 rings (SSSR count). The van der Waals surface area contributed by atoms with Crippen LogP contribution in [0.1, 0.15) is 322 Å². The minimum absolute atomic E-state index is 0.0322. The summed E-state index contributed by atoms with van der Waals surface area (Å²) in [5, 5.41) is 0. The molecule has 0 amide bonds. The van der Waals surface area contributed by atoms with Crippen molar-refractivity contribution >= 4 is 19.8 Å². The molecular formula is C76H136NO8P. The largest absolute Gasteiger partial charge is 0.756 e. The number of likely N-dealkylation sites (N-methyl/N-ethyl adjacent to an activating group) is 1. The lowest BCUT2D eigenvalue weighted by Gasteiger charge is -2.28. The summed E-state index contributed by atoms with van der Waals surface area (Å²) >= 11 is 0. The van der Waals surface area contributed by atoms with Gasteiger partial charge in [0, 0.05) is 12.8 Å². The third kappa shape index (κ3) is 70.0. The molecule has 0 saturated heterocycles. The van der Waals surface area contributed by atoms with Crippen molar-refractivity contribution in [2.45, 2.75) is 328 Å². The molecule has 0 radical (unpaired) electrons. The maximum absolute atomic E-state index is 12.9. The Balaban J connectivity index is 3.97. The van der Waals surface area contributed by atoms with E-state index in [0.29, 0.717) is 17.4 Å². The number of hydrogen-bond donors (Lipinski definition) is 0. The summed E-state index contributed by atoms with van der Waals surface area (Å²) in [5.74, 6) is -0.824. The van der Waals surface area contributed by atoms with Crippen molar-refractivity contribution in [3.63, 3.8) is 0 Å². The van der Waals surface area contributed by atoms with Gasteiger partial charge in [-0.25, -0.2) is 0 Å². The Bertz CT molecular complexity index is 1770. The van der Waals surface area contributed by atoms with Crippen molar-refractivity contribution in [1.82, 2.24) is 0 Å². The predicted octanol–water partition coefficient (Wildman–Crippen LogP) is 22.9. The minimum atomic E-state index is -4.64. The SMILES string of the molecule is CC/C=C\C/C=C\C/C=C\C/C=C\CCCCCCCCCCCCCCCCCCCCCCCCCCC(=O)OC(COC(=O)CCCCCCCCCCCCCC/C=C\C/C=C\C/C=C\C/C=C\CC)COP(=O)([O-])OCC[N+](C)(C)C. The van der Waals surface area contributed by atoms with Crippen LogP contribution in [-0.2, 0) is 32.7 Å². The number of rotatable bonds is 66. The zero-order valence-electron chi connectivity index (χ0n) is 56.7. The van der Waals surface area contributed by atoms with E-state index >= 15 is 0 Å². The molecule has 10 heteroatoms. The molecule has 2 atom stereocenters. The van der Waals surface area contributed by atoms with E-state index in [1.807, 2.05) is 21.1 Å². The number of hydrogen-bond acceptors (Lipinski definition) is 8. The van der Waals surface area contributed by atoms with Gasteiger partial charge in [0.25, 0.3) is 7.82 Å². The summed E-state index contributed by atoms with van der Waals surface area (Å²) in [4.78, 5) is 38.1. The van der Waals surface area contributed by atoms with Gasteiger partial charge in [0.2, 0.25) is 0 Å². The Labute approximate surface area is 532 Å². The van der Waals surface area contributed by atoms with Crippen LogP contribution in [0, 0.1) is 0 Å². The molecule has 0 fully saturated rings. The molecule has 0 spiro atoms. The molecule has 0 aliphatic rings. The van der Waals surface area contributed by atoms with Gasteiger partial charge < -0.3 is 27.9 Å². The van der Waals surface area contributed by atoms with E-state index in [4.69, 9.17) is 18.5 Å². The van der Waals surface area contributed by atoms with Crippen molar-refractivity contribution in [3.05, 3.63) is 97.2 Å². The van der Waals surface area contributed by atoms with Gasteiger partial charge in [-0.3, -0.25) is 14.2 Å². The average Bonchev–Trinajstić information content (AvgIpc) is 3.67. The van der Waals surface area contributed by atoms with Gasteiger partial charge >= 0.3 is 11.9 Å². The molecule has 0 aromatic carbocycles. The Morgan fingerprint density at radius 1 is 0.360 bits per heavy atom. The molecule has 2 unspecified atom stereocenters. The van der Waals surface area contributed by atoms with Gasteiger partial charge in [-0.15, -0.1) is 0 Å². The lowest BCUT2D eigenvalue weighted by molar-refractivity contribution is -0.870. The average molecular weight is 1220 g/mol. The number of phosphoric ester groups is 1. The molecule has 0 aromatic rings. The number of carbonyl (C=O) groups is 2. The molecule has 498 valence electrons. The Morgan fingerprint density at radius 3 is 0.930 bits per heavy atom. The van der Waals surface area contributed by atoms with E-state index in [1.165, 1.54) is 199 Å². The third-order valence-electron chi connectivity index (χ3n) is 15.6. The molecule has 0 saturated carbocycles. The molecule has 9 nitrogen and oxygen atoms in total. The van der Waals surface area contributed by atoms with Crippen LogP contribution >= 0.6 is 7.82 Å². The normalized spacial score (nSPS) is 13.7. The fraction of sp³-hybridized carbons (Fsp3) is 0.763. The minimum Gasteiger partial charge on any atom is -0.756 e. The molecule has 0 aliphatic heterocycles. The Hall–Kier alpha value is -3.07. The van der Waals surface area contributed by atoms with Gasteiger partial charge in [-0.1, -0.05) is 317 Å². The third-order valence-corrected chi connectivity index (χ3v) is 16.6. The number of phosphoric acid groups is 1. The first kappa shape index (κ1) is 82.9. The number of unbranched alkanes of at least 4 members (excludes halogenated alkanes) is 36. The van der Waals surface area contributed by atoms with Crippen LogP contribution in [0.3, 0.4) is 0 Å². The fourth-order valence-electron chi connectivity index (χ4n) is 10.2. The number of carbonyl (C=O) groups excluding carboxylic acids is 2. The van der Waals surface area contributed by atoms with Crippen LogP contribution in [0.15, 0.2) is 97.2 Å². The summed E-state index contributed by atoms with van der Waals surface area (Å²) in [6, 6.07) is 0. The van der Waals surface area contributed by atoms with Crippen LogP contribution in [-0.4, -0.2) is 70.0 Å². The van der Waals surface area contributed by atoms with E-state index in [9.17, 15) is 19.0 Å². The highest BCUT2D eigenvalue weighted by molar-refractivity contribution is 7.45. The number of quaternary nitrogens is 1. The van der Waals surface area contributed by atoms with Crippen LogP contribution in [0.25, 0.3) is 0 Å². The second-order valence-corrected chi connectivity index (χ2v) is 26.6. The Kier molecular flexibility index (Phi) is 64.0. The zero-order valence-corrected chi connectivity index (χ0v) is 57.6. The number of ether oxygens (including phenoxy) is 2. The quantitative estimate of drug-likeness (QED) is 0.0195. The summed E-state index contributed by atoms with van der Waals surface area (Å²) in [6.45, 7) is 4.05. The van der Waals surface area contributed by atoms with Crippen molar-refractivity contribution in [1.29, 1.82) is 0 Å². The highest BCUT2D eigenvalue weighted by Gasteiger charge is 2.22. The first-order valence-electron chi connectivity index (χ1n) is 35.9. The lowest BCUT2D eigenvalue weighted by atomic mass is 10.0. The van der Waals surface area contributed by atoms with Crippen molar-refractivity contribution in [2.24, 2.45) is 0 Å². The molecular weight excluding hydrogens is 1090 g/mol. The predicted molar refractivity (Wildman–Crippen MR) is 369 cm³/mol. The van der Waals surface area contributed by atoms with Gasteiger partial charge in [0.1, 0.15) is 19.8 Å². The second kappa shape index (κ2) is 66.4. The molecule has 0 aromatic heterocycles. The maximum atomic E-state index is 12.9. The summed E-state index contributed by atoms with van der Waals surface area (Å²) in [5.41, 5.74) is 0. The van der Waals surface area contributed by atoms with E-state index < -0.39 is 26.5 Å². The molecule has 0 aliphatic carbocycles. The number of allylic oxidation sites excluding steroid dienone is 16. The number of esters is 2. The zero-order chi connectivity index (χ0) is 62.6. The topological polar surface area (TPSA) is 111 Å². The van der Waals surface area contributed by atoms with Crippen LogP contribution in [0.2, 0.25) is 0 Å². The first-order chi connectivity index (χ1) is 42.0. The van der Waals surface area contributed by atoms with Crippen molar-refractivity contribution < 1.29 is 42.1 Å². The molecule has 86 heavy (non-hydrogen) atoms. The lowest BCUT2D eigenvalue weighted by Crippen LogP contribution is -2.37. The second-order valence-electron chi connectivity index (χ2n) is 25.2. The highest BCUT2D eigenvalue weighted by atomic mass is 31.2. The fourth-order valence-corrected chi connectivity index (χ4v) is 10.9. The van der Waals surface area contributed by atoms with Gasteiger partial charge in [0.15, 0.2) is 6.10 Å². The first-order valence-corrected chi connectivity index (χ1v) is 37.4. The highest BCUT2D eigenvalue weighted by Crippen LogP contribution is 2.38. The van der Waals surface area contributed by atoms with Crippen LogP contribution < -0.4 is 4.89 Å². The number of nitrogens with zero attached hydrogens (tertiary/aromatic N) is 1. The van der Waals surface area contributed by atoms with E-state index in [0.717, 1.165) is 89.9 Å². The summed E-state index contributed by atoms with van der Waals surface area (Å²) < 4.78 is 34.3. The van der Waals surface area contributed by atoms with Gasteiger partial charge in [0.05, 0.1) is 27.7 Å². The van der Waals surface area contributed by atoms with E-state index in [1.54, 1.807) is 0 Å². The smallest absolute Gasteiger partial charge is 0.306 e. The standard InChI is InChI=1S/C76H136NO8P/c1-6-8-10-12-14-16-18-20-22-24-26-28-30-32-33-34-35-36-37-38-39-40-41-42-43-45-47-49-51-53-55-57-59-61-63-65-67-69-76(79)85-74(73-84-86(80,81)83-71-70-77(3,4)5)72-82-75(78)68-66-64-62-60-58-56-54-52-50-48-46-44-31-29-27-25-23-21-19-17-15-13-11-9-7-2/h8-11,14-17,20-23,26-29,74H,6-7,12-13,18-19,24-25,30-73H2,1-5H3/b10-8-,11-9-,16-14-,17-15-,22-20-,23-21-,28-26-,29-27-. The van der Waals surface area contributed by atoms with Gasteiger partial charge in [-0.2, -0.15) is 0 Å². The summed E-state index contributed by atoms with van der Waals surface area (Å²) in [7, 11) is 1.17. The Morgan fingerprint density at radius 2 is 0.628 bits per heavy atom. The van der Waals surface area contributed by atoms with Crippen LogP contribution in [0.5, 0.6) is 0 Å². The van der Waals surface area contributed by atoms with Crippen molar-refractivity contribution in [2.75, 3.05) is 47.5 Å². The van der Waals surface area contributed by atoms with E-state index in [2.05, 4.69) is 111 Å². The monoisotopic (exact) mass is 1220 g/mol. The maximum Gasteiger partial charge on any atom is 0.306 e. The van der Waals surface area contributed by atoms with Gasteiger partial charge in [-0.05, 0) is 89.9 Å². The van der Waals surface area contributed by atoms with Crippen LogP contribution in [0.4, 0.5) is 0 Å².